The molecule has 1 aromatic rings. The number of sulfonamides is 1. The smallest absolute Gasteiger partial charge is 0.206 e. The van der Waals surface area contributed by atoms with Crippen molar-refractivity contribution in [2.75, 3.05) is 5.33 Å². The van der Waals surface area contributed by atoms with Crippen LogP contribution in [0.15, 0.2) is 10.3 Å². The van der Waals surface area contributed by atoms with Gasteiger partial charge in [-0.2, -0.15) is 0 Å². The van der Waals surface area contributed by atoms with E-state index >= 15 is 0 Å². The van der Waals surface area contributed by atoms with Gasteiger partial charge >= 0.3 is 0 Å². The highest BCUT2D eigenvalue weighted by atomic mass is 79.9. The highest BCUT2D eigenvalue weighted by Gasteiger charge is 2.37. The molecule has 0 aliphatic heterocycles. The van der Waals surface area contributed by atoms with Crippen molar-refractivity contribution >= 4 is 48.9 Å². The van der Waals surface area contributed by atoms with Gasteiger partial charge in [-0.3, -0.25) is 0 Å². The van der Waals surface area contributed by atoms with Crippen LogP contribution in [0.4, 0.5) is 0 Å². The van der Waals surface area contributed by atoms with Crippen LogP contribution in [0.25, 0.3) is 0 Å². The third-order valence-corrected chi connectivity index (χ3v) is 7.95. The van der Waals surface area contributed by atoms with Gasteiger partial charge in [0, 0.05) is 10.9 Å². The molecule has 1 fully saturated rings. The summed E-state index contributed by atoms with van der Waals surface area (Å²) in [7, 11) is -3.46. The van der Waals surface area contributed by atoms with Crippen LogP contribution in [-0.2, 0) is 10.0 Å². The second-order valence-electron chi connectivity index (χ2n) is 4.75. The van der Waals surface area contributed by atoms with Crippen molar-refractivity contribution in [2.45, 2.75) is 42.4 Å². The van der Waals surface area contributed by atoms with E-state index in [0.29, 0.717) is 13.9 Å². The number of halogens is 2. The zero-order chi connectivity index (χ0) is 13.4. The maximum Gasteiger partial charge on any atom is 0.250 e. The van der Waals surface area contributed by atoms with Crippen molar-refractivity contribution in [3.05, 3.63) is 16.0 Å². The fourth-order valence-corrected chi connectivity index (χ4v) is 6.27. The molecule has 1 aliphatic rings. The van der Waals surface area contributed by atoms with Crippen molar-refractivity contribution in [3.63, 3.8) is 0 Å². The second kappa shape index (κ2) is 5.40. The third kappa shape index (κ3) is 2.93. The first-order valence-electron chi connectivity index (χ1n) is 5.74. The Labute approximate surface area is 125 Å². The molecule has 1 aromatic heterocycles. The van der Waals surface area contributed by atoms with Gasteiger partial charge in [-0.1, -0.05) is 40.4 Å². The van der Waals surface area contributed by atoms with E-state index in [1.54, 1.807) is 6.07 Å². The number of rotatable bonds is 4. The molecular formula is C11H15BrClNO2S2. The van der Waals surface area contributed by atoms with Crippen LogP contribution < -0.4 is 4.72 Å². The molecule has 0 radical (unpaired) electrons. The number of aryl methyl sites for hydroxylation is 1. The summed E-state index contributed by atoms with van der Waals surface area (Å²) in [6.07, 6.45) is 3.90. The molecular weight excluding hydrogens is 358 g/mol. The maximum absolute atomic E-state index is 12.3. The van der Waals surface area contributed by atoms with Crippen molar-refractivity contribution < 1.29 is 8.42 Å². The first-order chi connectivity index (χ1) is 8.38. The van der Waals surface area contributed by atoms with Crippen molar-refractivity contribution in [3.8, 4) is 0 Å². The Hall–Kier alpha value is 0.380. The van der Waals surface area contributed by atoms with Crippen LogP contribution >= 0.6 is 38.9 Å². The standard InChI is InChI=1S/C11H15BrClNO2S2/c1-8-6-9(17-10(8)13)18(15,16)14-11(7-12)4-2-3-5-11/h6,14H,2-5,7H2,1H3. The fraction of sp³-hybridized carbons (Fsp3) is 0.636. The Kier molecular flexibility index (Phi) is 4.44. The molecule has 2 rings (SSSR count). The summed E-state index contributed by atoms with van der Waals surface area (Å²) in [6, 6.07) is 1.63. The SMILES string of the molecule is Cc1cc(S(=O)(=O)NC2(CBr)CCCC2)sc1Cl. The average Bonchev–Trinajstić information content (AvgIpc) is 2.88. The molecule has 7 heteroatoms. The van der Waals surface area contributed by atoms with E-state index in [2.05, 4.69) is 20.7 Å². The molecule has 0 bridgehead atoms. The van der Waals surface area contributed by atoms with Gasteiger partial charge in [0.05, 0.1) is 4.34 Å². The lowest BCUT2D eigenvalue weighted by Crippen LogP contribution is -2.47. The van der Waals surface area contributed by atoms with Crippen molar-refractivity contribution in [2.24, 2.45) is 0 Å². The first-order valence-corrected chi connectivity index (χ1v) is 9.54. The van der Waals surface area contributed by atoms with E-state index in [4.69, 9.17) is 11.6 Å². The lowest BCUT2D eigenvalue weighted by molar-refractivity contribution is 0.438. The van der Waals surface area contributed by atoms with Gasteiger partial charge in [0.1, 0.15) is 4.21 Å². The van der Waals surface area contributed by atoms with E-state index in [1.807, 2.05) is 6.92 Å². The summed E-state index contributed by atoms with van der Waals surface area (Å²) < 4.78 is 28.4. The van der Waals surface area contributed by atoms with Gasteiger partial charge in [-0.15, -0.1) is 11.3 Å². The average molecular weight is 373 g/mol. The lowest BCUT2D eigenvalue weighted by Gasteiger charge is -2.27. The molecule has 18 heavy (non-hydrogen) atoms. The molecule has 1 N–H and O–H groups in total. The third-order valence-electron chi connectivity index (χ3n) is 3.27. The minimum Gasteiger partial charge on any atom is -0.206 e. The molecule has 1 heterocycles. The minimum atomic E-state index is -3.46. The van der Waals surface area contributed by atoms with Crippen LogP contribution in [0, 0.1) is 6.92 Å². The fourth-order valence-electron chi connectivity index (χ4n) is 2.21. The largest absolute Gasteiger partial charge is 0.250 e. The van der Waals surface area contributed by atoms with Gasteiger partial charge < -0.3 is 0 Å². The Morgan fingerprint density at radius 3 is 2.56 bits per heavy atom. The quantitative estimate of drug-likeness (QED) is 0.819. The van der Waals surface area contributed by atoms with E-state index in [-0.39, 0.29) is 5.54 Å². The highest BCUT2D eigenvalue weighted by molar-refractivity contribution is 9.09. The lowest BCUT2D eigenvalue weighted by atomic mass is 10.0. The number of thiophene rings is 1. The van der Waals surface area contributed by atoms with Gasteiger partial charge in [0.15, 0.2) is 0 Å². The van der Waals surface area contributed by atoms with Crippen LogP contribution in [0.5, 0.6) is 0 Å². The van der Waals surface area contributed by atoms with Gasteiger partial charge in [-0.25, -0.2) is 13.1 Å². The van der Waals surface area contributed by atoms with Crippen molar-refractivity contribution in [1.82, 2.24) is 4.72 Å². The number of nitrogens with one attached hydrogen (secondary N) is 1. The molecule has 1 aliphatic carbocycles. The number of hydrogen-bond donors (Lipinski definition) is 1. The van der Waals surface area contributed by atoms with Gasteiger partial charge in [0.2, 0.25) is 0 Å². The van der Waals surface area contributed by atoms with Crippen LogP contribution in [-0.4, -0.2) is 19.3 Å². The number of hydrogen-bond acceptors (Lipinski definition) is 3. The Bertz CT molecular complexity index is 516. The summed E-state index contributed by atoms with van der Waals surface area (Å²) in [4.78, 5) is 0. The predicted octanol–water partition coefficient (Wildman–Crippen LogP) is 3.70. The Morgan fingerprint density at radius 1 is 1.50 bits per heavy atom. The van der Waals surface area contributed by atoms with Crippen LogP contribution in [0.3, 0.4) is 0 Å². The summed E-state index contributed by atoms with van der Waals surface area (Å²) in [6.45, 7) is 1.81. The normalized spacial score (nSPS) is 19.3. The van der Waals surface area contributed by atoms with Crippen LogP contribution in [0.2, 0.25) is 4.34 Å². The molecule has 0 amide bonds. The van der Waals surface area contributed by atoms with Crippen LogP contribution in [0.1, 0.15) is 31.2 Å². The predicted molar refractivity (Wildman–Crippen MR) is 79.4 cm³/mol. The van der Waals surface area contributed by atoms with Crippen molar-refractivity contribution in [1.29, 1.82) is 0 Å². The van der Waals surface area contributed by atoms with Gasteiger partial charge in [0.25, 0.3) is 10.0 Å². The van der Waals surface area contributed by atoms with Gasteiger partial charge in [-0.05, 0) is 31.4 Å². The Morgan fingerprint density at radius 2 is 2.11 bits per heavy atom. The van der Waals surface area contributed by atoms with E-state index in [1.165, 1.54) is 0 Å². The Balaban J connectivity index is 2.26. The molecule has 102 valence electrons. The summed E-state index contributed by atoms with van der Waals surface area (Å²) in [5.41, 5.74) is 0.477. The number of alkyl halides is 1. The topological polar surface area (TPSA) is 46.2 Å². The molecule has 3 nitrogen and oxygen atoms in total. The monoisotopic (exact) mass is 371 g/mol. The molecule has 0 unspecified atom stereocenters. The molecule has 0 spiro atoms. The van der Waals surface area contributed by atoms with E-state index < -0.39 is 10.0 Å². The molecule has 0 aromatic carbocycles. The molecule has 0 atom stereocenters. The van der Waals surface area contributed by atoms with E-state index in [0.717, 1.165) is 42.6 Å². The minimum absolute atomic E-state index is 0.303. The highest BCUT2D eigenvalue weighted by Crippen LogP contribution is 2.35. The first kappa shape index (κ1) is 14.8. The summed E-state index contributed by atoms with van der Waals surface area (Å²) in [5.74, 6) is 0. The summed E-state index contributed by atoms with van der Waals surface area (Å²) in [5, 5.41) is 0.650. The maximum atomic E-state index is 12.3. The second-order valence-corrected chi connectivity index (χ2v) is 8.87. The molecule has 0 saturated heterocycles. The summed E-state index contributed by atoms with van der Waals surface area (Å²) >= 11 is 10.5. The van der Waals surface area contributed by atoms with E-state index in [9.17, 15) is 8.42 Å². The zero-order valence-electron chi connectivity index (χ0n) is 10.0. The molecule has 1 saturated carbocycles. The zero-order valence-corrected chi connectivity index (χ0v) is 14.0.